The Morgan fingerprint density at radius 1 is 1.38 bits per heavy atom. The van der Waals surface area contributed by atoms with Crippen molar-refractivity contribution < 1.29 is 4.79 Å². The molecule has 0 bridgehead atoms. The predicted octanol–water partition coefficient (Wildman–Crippen LogP) is 2.67. The van der Waals surface area contributed by atoms with E-state index < -0.39 is 0 Å². The molecule has 0 radical (unpaired) electrons. The van der Waals surface area contributed by atoms with Crippen molar-refractivity contribution >= 4 is 17.4 Å². The molecule has 21 heavy (non-hydrogen) atoms. The average Bonchev–Trinajstić information content (AvgIpc) is 3.21. The number of hydrogen-bond donors (Lipinski definition) is 0. The van der Waals surface area contributed by atoms with Crippen molar-refractivity contribution in [1.82, 2.24) is 18.8 Å². The van der Waals surface area contributed by atoms with Crippen LogP contribution in [-0.4, -0.2) is 37.8 Å². The Morgan fingerprint density at radius 3 is 2.90 bits per heavy atom. The number of amides is 1. The van der Waals surface area contributed by atoms with E-state index in [2.05, 4.69) is 13.9 Å². The maximum Gasteiger partial charge on any atom is 0.273 e. The third-order valence-corrected chi connectivity index (χ3v) is 4.71. The van der Waals surface area contributed by atoms with Gasteiger partial charge in [-0.25, -0.2) is 4.98 Å². The molecule has 112 valence electrons. The number of aryl methyl sites for hydroxylation is 1. The van der Waals surface area contributed by atoms with Crippen molar-refractivity contribution in [1.29, 1.82) is 0 Å². The Labute approximate surface area is 128 Å². The summed E-state index contributed by atoms with van der Waals surface area (Å²) in [6, 6.07) is 1.81. The molecule has 0 aliphatic carbocycles. The van der Waals surface area contributed by atoms with Gasteiger partial charge in [-0.1, -0.05) is 0 Å². The summed E-state index contributed by atoms with van der Waals surface area (Å²) in [6.45, 7) is 2.77. The number of nitrogens with zero attached hydrogens (tertiary/aromatic N) is 4. The number of hydrogen-bond acceptors (Lipinski definition) is 4. The number of likely N-dealkylation sites (tertiary alicyclic amines) is 1. The first-order valence-electron chi connectivity index (χ1n) is 7.48. The molecule has 1 amide bonds. The van der Waals surface area contributed by atoms with Crippen LogP contribution in [0.2, 0.25) is 0 Å². The molecule has 0 aromatic carbocycles. The van der Waals surface area contributed by atoms with Crippen LogP contribution in [0.25, 0.3) is 0 Å². The van der Waals surface area contributed by atoms with E-state index in [1.165, 1.54) is 24.4 Å². The highest BCUT2D eigenvalue weighted by Gasteiger charge is 2.24. The molecular weight excluding hydrogens is 284 g/mol. The summed E-state index contributed by atoms with van der Waals surface area (Å²) >= 11 is 1.34. The van der Waals surface area contributed by atoms with E-state index >= 15 is 0 Å². The molecule has 1 aliphatic rings. The highest BCUT2D eigenvalue weighted by Crippen LogP contribution is 2.23. The molecule has 0 unspecified atom stereocenters. The number of rotatable bonds is 5. The number of piperidine rings is 1. The molecule has 1 fully saturated rings. The van der Waals surface area contributed by atoms with Crippen LogP contribution in [0, 0.1) is 5.92 Å². The molecule has 5 nitrogen and oxygen atoms in total. The van der Waals surface area contributed by atoms with E-state index in [-0.39, 0.29) is 5.91 Å². The summed E-state index contributed by atoms with van der Waals surface area (Å²) in [5.74, 6) is 0.834. The lowest BCUT2D eigenvalue weighted by molar-refractivity contribution is 0.0681. The summed E-state index contributed by atoms with van der Waals surface area (Å²) in [4.78, 5) is 18.2. The first-order valence-corrected chi connectivity index (χ1v) is 8.32. The van der Waals surface area contributed by atoms with E-state index in [9.17, 15) is 4.79 Å². The highest BCUT2D eigenvalue weighted by molar-refractivity contribution is 7.03. The molecule has 1 saturated heterocycles. The summed E-state index contributed by atoms with van der Waals surface area (Å²) in [7, 11) is 0. The largest absolute Gasteiger partial charge is 0.337 e. The van der Waals surface area contributed by atoms with Gasteiger partial charge in [0, 0.05) is 37.4 Å². The molecular formula is C15H20N4OS. The number of imidazole rings is 1. The Balaban J connectivity index is 1.40. The van der Waals surface area contributed by atoms with Crippen molar-refractivity contribution in [2.45, 2.75) is 32.2 Å². The van der Waals surface area contributed by atoms with E-state index in [0.717, 1.165) is 38.4 Å². The van der Waals surface area contributed by atoms with E-state index in [4.69, 9.17) is 0 Å². The van der Waals surface area contributed by atoms with Gasteiger partial charge in [0.2, 0.25) is 0 Å². The Bertz CT molecular complexity index is 544. The van der Waals surface area contributed by atoms with Crippen LogP contribution < -0.4 is 0 Å². The quantitative estimate of drug-likeness (QED) is 0.853. The molecule has 6 heteroatoms. The third kappa shape index (κ3) is 3.69. The van der Waals surface area contributed by atoms with Gasteiger partial charge < -0.3 is 9.47 Å². The van der Waals surface area contributed by atoms with Gasteiger partial charge in [-0.05, 0) is 49.2 Å². The zero-order valence-electron chi connectivity index (χ0n) is 12.0. The van der Waals surface area contributed by atoms with Crippen molar-refractivity contribution in [2.75, 3.05) is 13.1 Å². The lowest BCUT2D eigenvalue weighted by Gasteiger charge is -2.31. The van der Waals surface area contributed by atoms with E-state index in [0.29, 0.717) is 5.69 Å². The van der Waals surface area contributed by atoms with Crippen LogP contribution in [0.15, 0.2) is 30.2 Å². The zero-order chi connectivity index (χ0) is 14.5. The fraction of sp³-hybridized carbons (Fsp3) is 0.533. The van der Waals surface area contributed by atoms with Crippen LogP contribution in [0.1, 0.15) is 36.2 Å². The van der Waals surface area contributed by atoms with Crippen molar-refractivity contribution in [3.05, 3.63) is 35.9 Å². The van der Waals surface area contributed by atoms with Gasteiger partial charge in [0.15, 0.2) is 0 Å². The number of carbonyl (C=O) groups is 1. The molecule has 2 aromatic rings. The van der Waals surface area contributed by atoms with E-state index in [1.807, 2.05) is 35.1 Å². The molecule has 0 spiro atoms. The second kappa shape index (κ2) is 6.85. The van der Waals surface area contributed by atoms with Crippen LogP contribution >= 0.6 is 11.5 Å². The Morgan fingerprint density at radius 2 is 2.24 bits per heavy atom. The summed E-state index contributed by atoms with van der Waals surface area (Å²) in [6.07, 6.45) is 10.3. The normalized spacial score (nSPS) is 16.3. The van der Waals surface area contributed by atoms with Crippen LogP contribution in [0.3, 0.4) is 0 Å². The van der Waals surface area contributed by atoms with E-state index in [1.54, 1.807) is 0 Å². The van der Waals surface area contributed by atoms with Gasteiger partial charge in [0.05, 0.1) is 6.33 Å². The first-order chi connectivity index (χ1) is 10.3. The van der Waals surface area contributed by atoms with Crippen molar-refractivity contribution in [3.63, 3.8) is 0 Å². The van der Waals surface area contributed by atoms with Crippen LogP contribution in [-0.2, 0) is 6.54 Å². The summed E-state index contributed by atoms with van der Waals surface area (Å²) < 4.78 is 6.26. The average molecular weight is 304 g/mol. The third-order valence-electron chi connectivity index (χ3n) is 4.15. The molecule has 0 N–H and O–H groups in total. The Hall–Kier alpha value is -1.69. The second-order valence-electron chi connectivity index (χ2n) is 5.56. The SMILES string of the molecule is O=C(c1ccsn1)N1CCC(CCCn2ccnc2)CC1. The van der Waals surface area contributed by atoms with Gasteiger partial charge in [0.1, 0.15) is 5.69 Å². The molecule has 0 saturated carbocycles. The fourth-order valence-electron chi connectivity index (χ4n) is 2.89. The minimum atomic E-state index is 0.0908. The number of aromatic nitrogens is 3. The van der Waals surface area contributed by atoms with Gasteiger partial charge in [-0.3, -0.25) is 4.79 Å². The zero-order valence-corrected chi connectivity index (χ0v) is 12.8. The smallest absolute Gasteiger partial charge is 0.273 e. The Kier molecular flexibility index (Phi) is 4.65. The minimum Gasteiger partial charge on any atom is -0.337 e. The highest BCUT2D eigenvalue weighted by atomic mass is 32.1. The second-order valence-corrected chi connectivity index (χ2v) is 6.23. The molecule has 0 atom stereocenters. The van der Waals surface area contributed by atoms with Crippen molar-refractivity contribution in [3.8, 4) is 0 Å². The molecule has 3 rings (SSSR count). The van der Waals surface area contributed by atoms with Crippen LogP contribution in [0.4, 0.5) is 0 Å². The molecule has 1 aliphatic heterocycles. The lowest BCUT2D eigenvalue weighted by Crippen LogP contribution is -2.38. The lowest BCUT2D eigenvalue weighted by atomic mass is 9.92. The van der Waals surface area contributed by atoms with Crippen molar-refractivity contribution in [2.24, 2.45) is 5.92 Å². The first kappa shape index (κ1) is 14.3. The van der Waals surface area contributed by atoms with Gasteiger partial charge in [-0.15, -0.1) is 0 Å². The molecule has 2 aromatic heterocycles. The monoisotopic (exact) mass is 304 g/mol. The van der Waals surface area contributed by atoms with Gasteiger partial charge in [0.25, 0.3) is 5.91 Å². The minimum absolute atomic E-state index is 0.0908. The van der Waals surface area contributed by atoms with Crippen LogP contribution in [0.5, 0.6) is 0 Å². The molecule has 3 heterocycles. The summed E-state index contributed by atoms with van der Waals surface area (Å²) in [5, 5.41) is 1.86. The topological polar surface area (TPSA) is 51.0 Å². The van der Waals surface area contributed by atoms with Gasteiger partial charge >= 0.3 is 0 Å². The number of carbonyl (C=O) groups excluding carboxylic acids is 1. The standard InChI is InChI=1S/C15H20N4OS/c20-15(14-5-11-21-17-14)19-8-3-13(4-9-19)2-1-7-18-10-6-16-12-18/h5-6,10-13H,1-4,7-9H2. The maximum atomic E-state index is 12.2. The van der Waals surface area contributed by atoms with Gasteiger partial charge in [-0.2, -0.15) is 4.37 Å². The fourth-order valence-corrected chi connectivity index (χ4v) is 3.39. The predicted molar refractivity (Wildman–Crippen MR) is 82.2 cm³/mol. The maximum absolute atomic E-state index is 12.2. The summed E-state index contributed by atoms with van der Waals surface area (Å²) in [5.41, 5.74) is 0.596.